The molecule has 2 aromatic rings. The summed E-state index contributed by atoms with van der Waals surface area (Å²) < 4.78 is 0.837. The van der Waals surface area contributed by atoms with Gasteiger partial charge in [0.2, 0.25) is 0 Å². The SMILES string of the molecule is Cc1ccc(C)c(NC(=O)c2cc(Br)ccn2)c1. The molecule has 0 aliphatic heterocycles. The van der Waals surface area contributed by atoms with E-state index in [1.807, 2.05) is 32.0 Å². The zero-order valence-corrected chi connectivity index (χ0v) is 11.8. The smallest absolute Gasteiger partial charge is 0.274 e. The fraction of sp³-hybridized carbons (Fsp3) is 0.143. The molecule has 4 heteroatoms. The van der Waals surface area contributed by atoms with Gasteiger partial charge in [-0.25, -0.2) is 0 Å². The van der Waals surface area contributed by atoms with E-state index in [4.69, 9.17) is 0 Å². The number of nitrogens with zero attached hydrogens (tertiary/aromatic N) is 1. The first kappa shape index (κ1) is 12.8. The first-order chi connectivity index (χ1) is 8.56. The van der Waals surface area contributed by atoms with E-state index in [1.54, 1.807) is 18.3 Å². The van der Waals surface area contributed by atoms with Crippen molar-refractivity contribution >= 4 is 27.5 Å². The van der Waals surface area contributed by atoms with Gasteiger partial charge in [0.15, 0.2) is 0 Å². The number of nitrogens with one attached hydrogen (secondary N) is 1. The first-order valence-corrected chi connectivity index (χ1v) is 6.36. The van der Waals surface area contributed by atoms with Crippen LogP contribution in [0.1, 0.15) is 21.6 Å². The van der Waals surface area contributed by atoms with Gasteiger partial charge < -0.3 is 5.32 Å². The Morgan fingerprint density at radius 3 is 2.72 bits per heavy atom. The van der Waals surface area contributed by atoms with Gasteiger partial charge in [-0.1, -0.05) is 28.1 Å². The molecular weight excluding hydrogens is 292 g/mol. The Labute approximate surface area is 114 Å². The van der Waals surface area contributed by atoms with Crippen LogP contribution in [0.4, 0.5) is 5.69 Å². The Kier molecular flexibility index (Phi) is 3.77. The largest absolute Gasteiger partial charge is 0.320 e. The third kappa shape index (κ3) is 2.96. The van der Waals surface area contributed by atoms with E-state index < -0.39 is 0 Å². The summed E-state index contributed by atoms with van der Waals surface area (Å²) in [5.74, 6) is -0.204. The number of hydrogen-bond acceptors (Lipinski definition) is 2. The van der Waals surface area contributed by atoms with Crippen molar-refractivity contribution in [2.75, 3.05) is 5.32 Å². The molecule has 0 atom stereocenters. The van der Waals surface area contributed by atoms with E-state index >= 15 is 0 Å². The number of pyridine rings is 1. The number of anilines is 1. The second-order valence-electron chi connectivity index (χ2n) is 4.13. The summed E-state index contributed by atoms with van der Waals surface area (Å²) in [6.45, 7) is 3.95. The molecule has 0 fully saturated rings. The fourth-order valence-electron chi connectivity index (χ4n) is 1.59. The third-order valence-corrected chi connectivity index (χ3v) is 3.09. The highest BCUT2D eigenvalue weighted by molar-refractivity contribution is 9.10. The Hall–Kier alpha value is -1.68. The molecule has 1 N–H and O–H groups in total. The Morgan fingerprint density at radius 2 is 2.00 bits per heavy atom. The van der Waals surface area contributed by atoms with Crippen molar-refractivity contribution in [3.05, 3.63) is 57.8 Å². The van der Waals surface area contributed by atoms with Crippen molar-refractivity contribution in [1.82, 2.24) is 4.98 Å². The van der Waals surface area contributed by atoms with E-state index in [0.717, 1.165) is 21.3 Å². The van der Waals surface area contributed by atoms with Gasteiger partial charge in [0.05, 0.1) is 0 Å². The van der Waals surface area contributed by atoms with Gasteiger partial charge in [0.25, 0.3) is 5.91 Å². The van der Waals surface area contributed by atoms with E-state index in [9.17, 15) is 4.79 Å². The minimum atomic E-state index is -0.204. The van der Waals surface area contributed by atoms with Crippen LogP contribution in [-0.4, -0.2) is 10.9 Å². The molecule has 0 bridgehead atoms. The van der Waals surface area contributed by atoms with Crippen molar-refractivity contribution in [3.8, 4) is 0 Å². The lowest BCUT2D eigenvalue weighted by molar-refractivity contribution is 0.102. The van der Waals surface area contributed by atoms with Crippen molar-refractivity contribution < 1.29 is 4.79 Å². The Balaban J connectivity index is 2.24. The summed E-state index contributed by atoms with van der Waals surface area (Å²) in [7, 11) is 0. The molecule has 1 aromatic heterocycles. The number of aromatic nitrogens is 1. The van der Waals surface area contributed by atoms with Crippen LogP contribution < -0.4 is 5.32 Å². The predicted molar refractivity (Wildman–Crippen MR) is 75.8 cm³/mol. The number of hydrogen-bond donors (Lipinski definition) is 1. The summed E-state index contributed by atoms with van der Waals surface area (Å²) >= 11 is 3.32. The van der Waals surface area contributed by atoms with Crippen molar-refractivity contribution in [2.45, 2.75) is 13.8 Å². The normalized spacial score (nSPS) is 10.2. The maximum Gasteiger partial charge on any atom is 0.274 e. The minimum Gasteiger partial charge on any atom is -0.320 e. The number of rotatable bonds is 2. The molecule has 1 amide bonds. The summed E-state index contributed by atoms with van der Waals surface area (Å²) in [5.41, 5.74) is 3.36. The lowest BCUT2D eigenvalue weighted by Gasteiger charge is -2.09. The van der Waals surface area contributed by atoms with Gasteiger partial charge >= 0.3 is 0 Å². The van der Waals surface area contributed by atoms with Crippen LogP contribution in [-0.2, 0) is 0 Å². The number of halogens is 1. The van der Waals surface area contributed by atoms with Crippen LogP contribution in [0.5, 0.6) is 0 Å². The predicted octanol–water partition coefficient (Wildman–Crippen LogP) is 3.71. The van der Waals surface area contributed by atoms with Crippen LogP contribution in [0.15, 0.2) is 41.0 Å². The monoisotopic (exact) mass is 304 g/mol. The van der Waals surface area contributed by atoms with Crippen molar-refractivity contribution in [1.29, 1.82) is 0 Å². The lowest BCUT2D eigenvalue weighted by Crippen LogP contribution is -2.14. The fourth-order valence-corrected chi connectivity index (χ4v) is 1.92. The molecule has 3 nitrogen and oxygen atoms in total. The first-order valence-electron chi connectivity index (χ1n) is 5.56. The van der Waals surface area contributed by atoms with Crippen molar-refractivity contribution in [2.24, 2.45) is 0 Å². The second kappa shape index (κ2) is 5.31. The van der Waals surface area contributed by atoms with Gasteiger partial charge in [-0.15, -0.1) is 0 Å². The number of benzene rings is 1. The zero-order valence-electron chi connectivity index (χ0n) is 10.2. The number of carbonyl (C=O) groups excluding carboxylic acids is 1. The molecule has 0 unspecified atom stereocenters. The maximum atomic E-state index is 12.0. The van der Waals surface area contributed by atoms with Crippen LogP contribution in [0.25, 0.3) is 0 Å². The molecule has 18 heavy (non-hydrogen) atoms. The second-order valence-corrected chi connectivity index (χ2v) is 5.05. The van der Waals surface area contributed by atoms with Crippen LogP contribution in [0.2, 0.25) is 0 Å². The van der Waals surface area contributed by atoms with E-state index in [2.05, 4.69) is 26.2 Å². The highest BCUT2D eigenvalue weighted by Crippen LogP contribution is 2.17. The van der Waals surface area contributed by atoms with E-state index in [1.165, 1.54) is 0 Å². The van der Waals surface area contributed by atoms with Crippen LogP contribution in [0, 0.1) is 13.8 Å². The highest BCUT2D eigenvalue weighted by Gasteiger charge is 2.09. The van der Waals surface area contributed by atoms with E-state index in [0.29, 0.717) is 5.69 Å². The highest BCUT2D eigenvalue weighted by atomic mass is 79.9. The molecular formula is C14H13BrN2O. The molecule has 92 valence electrons. The topological polar surface area (TPSA) is 42.0 Å². The Morgan fingerprint density at radius 1 is 1.22 bits per heavy atom. The van der Waals surface area contributed by atoms with Gasteiger partial charge in [0, 0.05) is 16.4 Å². The van der Waals surface area contributed by atoms with Gasteiger partial charge in [-0.3, -0.25) is 9.78 Å². The molecule has 1 aromatic carbocycles. The molecule has 0 aliphatic rings. The molecule has 2 rings (SSSR count). The van der Waals surface area contributed by atoms with Gasteiger partial charge in [0.1, 0.15) is 5.69 Å². The molecule has 0 spiro atoms. The van der Waals surface area contributed by atoms with Gasteiger partial charge in [-0.2, -0.15) is 0 Å². The van der Waals surface area contributed by atoms with Crippen LogP contribution >= 0.6 is 15.9 Å². The summed E-state index contributed by atoms with van der Waals surface area (Å²) in [6.07, 6.45) is 1.60. The quantitative estimate of drug-likeness (QED) is 0.919. The molecule has 1 heterocycles. The minimum absolute atomic E-state index is 0.204. The number of carbonyl (C=O) groups is 1. The molecule has 0 aliphatic carbocycles. The number of aryl methyl sites for hydroxylation is 2. The molecule has 0 saturated heterocycles. The average Bonchev–Trinajstić information content (AvgIpc) is 2.34. The van der Waals surface area contributed by atoms with Gasteiger partial charge in [-0.05, 0) is 43.2 Å². The van der Waals surface area contributed by atoms with E-state index in [-0.39, 0.29) is 5.91 Å². The summed E-state index contributed by atoms with van der Waals surface area (Å²) in [4.78, 5) is 16.1. The average molecular weight is 305 g/mol. The number of amides is 1. The third-order valence-electron chi connectivity index (χ3n) is 2.60. The lowest BCUT2D eigenvalue weighted by atomic mass is 10.1. The van der Waals surface area contributed by atoms with Crippen molar-refractivity contribution in [3.63, 3.8) is 0 Å². The molecule has 0 saturated carbocycles. The standard InChI is InChI=1S/C14H13BrN2O/c1-9-3-4-10(2)12(7-9)17-14(18)13-8-11(15)5-6-16-13/h3-8H,1-2H3,(H,17,18). The summed E-state index contributed by atoms with van der Waals surface area (Å²) in [6, 6.07) is 9.43. The molecule has 0 radical (unpaired) electrons. The summed E-state index contributed by atoms with van der Waals surface area (Å²) in [5, 5.41) is 2.87. The van der Waals surface area contributed by atoms with Crippen LogP contribution in [0.3, 0.4) is 0 Å². The Bertz CT molecular complexity index is 596. The maximum absolute atomic E-state index is 12.0. The zero-order chi connectivity index (χ0) is 13.1.